The van der Waals surface area contributed by atoms with Crippen molar-refractivity contribution in [3.63, 3.8) is 0 Å². The summed E-state index contributed by atoms with van der Waals surface area (Å²) in [5.41, 5.74) is -1.35. The molecule has 0 saturated carbocycles. The van der Waals surface area contributed by atoms with Crippen molar-refractivity contribution in [2.75, 3.05) is 0 Å². The quantitative estimate of drug-likeness (QED) is 0.863. The first-order valence-electron chi connectivity index (χ1n) is 5.19. The summed E-state index contributed by atoms with van der Waals surface area (Å²) in [5, 5.41) is 8.93. The van der Waals surface area contributed by atoms with Crippen LogP contribution >= 0.6 is 0 Å². The minimum absolute atomic E-state index is 0.365. The van der Waals surface area contributed by atoms with E-state index < -0.39 is 34.6 Å². The van der Waals surface area contributed by atoms with E-state index in [4.69, 9.17) is 5.11 Å². The monoisotopic (exact) mass is 263 g/mol. The van der Waals surface area contributed by atoms with E-state index in [2.05, 4.69) is 4.98 Å². The highest BCUT2D eigenvalue weighted by Crippen LogP contribution is 2.16. The lowest BCUT2D eigenvalue weighted by Gasteiger charge is -2.05. The maximum atomic E-state index is 13.5. The van der Waals surface area contributed by atoms with Crippen molar-refractivity contribution in [2.45, 2.75) is 0 Å². The van der Waals surface area contributed by atoms with Crippen molar-refractivity contribution in [2.24, 2.45) is 0 Å². The molecule has 0 bridgehead atoms. The van der Waals surface area contributed by atoms with E-state index in [1.54, 1.807) is 0 Å². The van der Waals surface area contributed by atoms with Crippen LogP contribution in [0, 0.1) is 11.6 Å². The molecule has 0 fully saturated rings. The zero-order chi connectivity index (χ0) is 14.0. The molecule has 0 atom stereocenters. The maximum absolute atomic E-state index is 13.5. The van der Waals surface area contributed by atoms with Crippen LogP contribution in [0.4, 0.5) is 8.78 Å². The lowest BCUT2D eigenvalue weighted by molar-refractivity contribution is 0.0692. The number of hydrogen-bond donors (Lipinski definition) is 1. The van der Waals surface area contributed by atoms with Gasteiger partial charge in [-0.25, -0.2) is 13.6 Å². The number of hydrogen-bond acceptors (Lipinski definition) is 3. The Hall–Kier alpha value is -2.63. The largest absolute Gasteiger partial charge is 0.478 e. The van der Waals surface area contributed by atoms with Gasteiger partial charge in [0, 0.05) is 6.20 Å². The fraction of sp³-hybridized carbons (Fsp3) is 0. The van der Waals surface area contributed by atoms with Gasteiger partial charge in [-0.3, -0.25) is 9.78 Å². The summed E-state index contributed by atoms with van der Waals surface area (Å²) in [6.07, 6.45) is 1.21. The fourth-order valence-electron chi connectivity index (χ4n) is 1.56. The fourth-order valence-corrected chi connectivity index (χ4v) is 1.56. The van der Waals surface area contributed by atoms with Crippen molar-refractivity contribution < 1.29 is 23.5 Å². The Balaban J connectivity index is 2.56. The van der Waals surface area contributed by atoms with Crippen molar-refractivity contribution in [1.82, 2.24) is 4.98 Å². The van der Waals surface area contributed by atoms with Gasteiger partial charge in [-0.15, -0.1) is 0 Å². The Bertz CT molecular complexity index is 671. The summed E-state index contributed by atoms with van der Waals surface area (Å²) in [4.78, 5) is 26.6. The molecule has 0 saturated heterocycles. The highest BCUT2D eigenvalue weighted by atomic mass is 19.1. The summed E-state index contributed by atoms with van der Waals surface area (Å²) < 4.78 is 26.5. The van der Waals surface area contributed by atoms with Crippen LogP contribution in [-0.4, -0.2) is 21.8 Å². The number of pyridine rings is 1. The van der Waals surface area contributed by atoms with Gasteiger partial charge in [-0.05, 0) is 30.3 Å². The van der Waals surface area contributed by atoms with Gasteiger partial charge in [-0.2, -0.15) is 0 Å². The average Bonchev–Trinajstić information content (AvgIpc) is 2.40. The first-order valence-corrected chi connectivity index (χ1v) is 5.19. The molecule has 1 aromatic heterocycles. The molecule has 19 heavy (non-hydrogen) atoms. The Morgan fingerprint density at radius 3 is 2.53 bits per heavy atom. The number of rotatable bonds is 3. The molecule has 96 valence electrons. The number of carboxylic acids is 1. The number of aromatic carboxylic acids is 1. The van der Waals surface area contributed by atoms with E-state index in [0.29, 0.717) is 6.07 Å². The normalized spacial score (nSPS) is 10.2. The molecule has 0 unspecified atom stereocenters. The molecule has 0 amide bonds. The molecule has 0 radical (unpaired) electrons. The van der Waals surface area contributed by atoms with E-state index in [-0.39, 0.29) is 5.56 Å². The number of carboxylic acid groups (broad SMARTS) is 1. The smallest absolute Gasteiger partial charge is 0.338 e. The van der Waals surface area contributed by atoms with Crippen LogP contribution in [0.15, 0.2) is 36.5 Å². The molecule has 0 aliphatic carbocycles. The molecule has 0 aliphatic rings. The molecular weight excluding hydrogens is 256 g/mol. The van der Waals surface area contributed by atoms with Crippen LogP contribution < -0.4 is 0 Å². The molecule has 2 rings (SSSR count). The van der Waals surface area contributed by atoms with Gasteiger partial charge in [0.25, 0.3) is 0 Å². The van der Waals surface area contributed by atoms with Gasteiger partial charge in [0.05, 0.1) is 11.1 Å². The standard InChI is InChI=1S/C13H7F2NO3/c14-7-3-4-10(15)9(6-7)12(17)11-8(13(18)19)2-1-5-16-11/h1-6H,(H,18,19). The molecular formula is C13H7F2NO3. The molecule has 4 nitrogen and oxygen atoms in total. The van der Waals surface area contributed by atoms with Gasteiger partial charge in [-0.1, -0.05) is 0 Å². The highest BCUT2D eigenvalue weighted by molar-refractivity contribution is 6.13. The number of halogens is 2. The minimum Gasteiger partial charge on any atom is -0.478 e. The first-order chi connectivity index (χ1) is 9.00. The average molecular weight is 263 g/mol. The van der Waals surface area contributed by atoms with Crippen molar-refractivity contribution in [3.05, 3.63) is 65.0 Å². The van der Waals surface area contributed by atoms with Crippen LogP contribution in [0.2, 0.25) is 0 Å². The van der Waals surface area contributed by atoms with Crippen molar-refractivity contribution in [1.29, 1.82) is 0 Å². The second kappa shape index (κ2) is 4.93. The third kappa shape index (κ3) is 2.47. The number of nitrogens with zero attached hydrogens (tertiary/aromatic N) is 1. The lowest BCUT2D eigenvalue weighted by atomic mass is 10.0. The van der Waals surface area contributed by atoms with Gasteiger partial charge in [0.1, 0.15) is 17.3 Å². The van der Waals surface area contributed by atoms with E-state index in [0.717, 1.165) is 12.1 Å². The number of aromatic nitrogens is 1. The second-order valence-corrected chi connectivity index (χ2v) is 3.66. The van der Waals surface area contributed by atoms with Gasteiger partial charge < -0.3 is 5.11 Å². The van der Waals surface area contributed by atoms with E-state index >= 15 is 0 Å². The SMILES string of the molecule is O=C(O)c1cccnc1C(=O)c1cc(F)ccc1F. The Morgan fingerprint density at radius 2 is 1.84 bits per heavy atom. The van der Waals surface area contributed by atoms with E-state index in [9.17, 15) is 18.4 Å². The minimum atomic E-state index is -1.37. The van der Waals surface area contributed by atoms with Gasteiger partial charge in [0.15, 0.2) is 0 Å². The molecule has 6 heteroatoms. The molecule has 0 aliphatic heterocycles. The van der Waals surface area contributed by atoms with Crippen LogP contribution in [0.1, 0.15) is 26.4 Å². The van der Waals surface area contributed by atoms with E-state index in [1.807, 2.05) is 0 Å². The number of ketones is 1. The second-order valence-electron chi connectivity index (χ2n) is 3.66. The van der Waals surface area contributed by atoms with Crippen molar-refractivity contribution in [3.8, 4) is 0 Å². The van der Waals surface area contributed by atoms with Crippen LogP contribution in [0.5, 0.6) is 0 Å². The zero-order valence-electron chi connectivity index (χ0n) is 9.43. The number of carbonyl (C=O) groups excluding carboxylic acids is 1. The summed E-state index contributed by atoms with van der Waals surface area (Å²) in [7, 11) is 0. The van der Waals surface area contributed by atoms with Gasteiger partial charge in [0.2, 0.25) is 5.78 Å². The molecule has 1 N–H and O–H groups in total. The Morgan fingerprint density at radius 1 is 1.11 bits per heavy atom. The van der Waals surface area contributed by atoms with Gasteiger partial charge >= 0.3 is 5.97 Å². The summed E-state index contributed by atoms with van der Waals surface area (Å²) >= 11 is 0. The molecule has 0 spiro atoms. The van der Waals surface area contributed by atoms with Crippen LogP contribution in [-0.2, 0) is 0 Å². The molecule has 1 aromatic carbocycles. The third-order valence-corrected chi connectivity index (χ3v) is 2.43. The predicted octanol–water partition coefficient (Wildman–Crippen LogP) is 2.29. The number of carbonyl (C=O) groups is 2. The molecule has 1 heterocycles. The summed E-state index contributed by atoms with van der Waals surface area (Å²) in [6.45, 7) is 0. The Labute approximate surface area is 106 Å². The van der Waals surface area contributed by atoms with Crippen LogP contribution in [0.25, 0.3) is 0 Å². The zero-order valence-corrected chi connectivity index (χ0v) is 9.43. The maximum Gasteiger partial charge on any atom is 0.338 e. The lowest BCUT2D eigenvalue weighted by Crippen LogP contribution is -2.13. The molecule has 2 aromatic rings. The first kappa shape index (κ1) is 12.8. The summed E-state index contributed by atoms with van der Waals surface area (Å²) in [6, 6.07) is 4.87. The Kier molecular flexibility index (Phi) is 3.33. The van der Waals surface area contributed by atoms with Crippen LogP contribution in [0.3, 0.4) is 0 Å². The van der Waals surface area contributed by atoms with E-state index in [1.165, 1.54) is 18.3 Å². The highest BCUT2D eigenvalue weighted by Gasteiger charge is 2.22. The topological polar surface area (TPSA) is 67.3 Å². The summed E-state index contributed by atoms with van der Waals surface area (Å²) in [5.74, 6) is -4.07. The predicted molar refractivity (Wildman–Crippen MR) is 61.0 cm³/mol. The number of benzene rings is 1. The van der Waals surface area contributed by atoms with Crippen molar-refractivity contribution >= 4 is 11.8 Å². The third-order valence-electron chi connectivity index (χ3n) is 2.43.